The largest absolute Gasteiger partial charge is 0.462 e. The van der Waals surface area contributed by atoms with Crippen molar-refractivity contribution in [3.63, 3.8) is 0 Å². The van der Waals surface area contributed by atoms with Gasteiger partial charge in [-0.1, -0.05) is 5.57 Å². The van der Waals surface area contributed by atoms with Crippen LogP contribution in [-0.4, -0.2) is 29.6 Å². The summed E-state index contributed by atoms with van der Waals surface area (Å²) in [6.07, 6.45) is 1.14. The maximum atomic E-state index is 11.7. The highest BCUT2D eigenvalue weighted by atomic mass is 16.5. The normalized spacial score (nSPS) is 16.9. The number of aliphatic hydroxyl groups is 1. The van der Waals surface area contributed by atoms with E-state index in [1.54, 1.807) is 6.92 Å². The highest BCUT2D eigenvalue weighted by Gasteiger charge is 2.32. The van der Waals surface area contributed by atoms with Gasteiger partial charge in [-0.15, -0.1) is 6.58 Å². The molecule has 0 amide bonds. The van der Waals surface area contributed by atoms with Crippen molar-refractivity contribution in [1.82, 2.24) is 0 Å². The van der Waals surface area contributed by atoms with Gasteiger partial charge in [-0.05, 0) is 38.7 Å². The molecule has 0 aromatic heterocycles. The number of carbonyl (C=O) groups excluding carboxylic acids is 2. The number of allylic oxidation sites excluding steroid dienone is 1. The average molecular weight is 252 g/mol. The van der Waals surface area contributed by atoms with Crippen molar-refractivity contribution < 1.29 is 19.4 Å². The summed E-state index contributed by atoms with van der Waals surface area (Å²) in [6.45, 7) is 7.57. The fraction of sp³-hybridized carbons (Fsp3) is 0.571. The Hall–Kier alpha value is -1.42. The molecule has 1 rings (SSSR count). The van der Waals surface area contributed by atoms with Crippen LogP contribution in [0.5, 0.6) is 0 Å². The molecule has 1 aliphatic rings. The summed E-state index contributed by atoms with van der Waals surface area (Å²) in [4.78, 5) is 23.3. The van der Waals surface area contributed by atoms with Gasteiger partial charge in [0.1, 0.15) is 5.57 Å². The average Bonchev–Trinajstić information content (AvgIpc) is 2.68. The lowest BCUT2D eigenvalue weighted by Gasteiger charge is -2.13. The fourth-order valence-electron chi connectivity index (χ4n) is 2.02. The molecule has 0 saturated carbocycles. The summed E-state index contributed by atoms with van der Waals surface area (Å²) < 4.78 is 4.86. The molecule has 0 heterocycles. The summed E-state index contributed by atoms with van der Waals surface area (Å²) in [5.74, 6) is -0.831. The molecular formula is C14H20O4. The van der Waals surface area contributed by atoms with Crippen molar-refractivity contribution in [2.45, 2.75) is 45.6 Å². The van der Waals surface area contributed by atoms with Crippen molar-refractivity contribution >= 4 is 11.8 Å². The Labute approximate surface area is 107 Å². The number of carbonyl (C=O) groups is 2. The third-order valence-electron chi connectivity index (χ3n) is 2.95. The molecule has 0 bridgehead atoms. The molecular weight excluding hydrogens is 232 g/mol. The maximum Gasteiger partial charge on any atom is 0.341 e. The van der Waals surface area contributed by atoms with Crippen molar-refractivity contribution in [2.75, 3.05) is 6.61 Å². The molecule has 4 heteroatoms. The molecule has 0 saturated heterocycles. The van der Waals surface area contributed by atoms with Gasteiger partial charge in [-0.25, -0.2) is 4.79 Å². The lowest BCUT2D eigenvalue weighted by atomic mass is 9.99. The Balaban J connectivity index is 2.84. The van der Waals surface area contributed by atoms with E-state index >= 15 is 0 Å². The van der Waals surface area contributed by atoms with Crippen LogP contribution in [0.4, 0.5) is 0 Å². The summed E-state index contributed by atoms with van der Waals surface area (Å²) >= 11 is 0. The summed E-state index contributed by atoms with van der Waals surface area (Å²) in [5.41, 5.74) is 1.56. The minimum atomic E-state index is -0.757. The molecule has 0 aromatic rings. The highest BCUT2D eigenvalue weighted by molar-refractivity contribution is 6.19. The smallest absolute Gasteiger partial charge is 0.341 e. The predicted molar refractivity (Wildman–Crippen MR) is 68.0 cm³/mol. The van der Waals surface area contributed by atoms with Crippen LogP contribution < -0.4 is 0 Å². The standard InChI is InChI=1S/C14H20O4/c1-4-18-14(17)13-10(6-8-12(13)16)11(15)7-5-9(2)3/h11,15H,2,4-8H2,1,3H3/t11-/m1/s1. The number of rotatable bonds is 6. The van der Waals surface area contributed by atoms with Crippen LogP contribution in [0.25, 0.3) is 0 Å². The first-order valence-electron chi connectivity index (χ1n) is 6.23. The van der Waals surface area contributed by atoms with Crippen molar-refractivity contribution in [3.8, 4) is 0 Å². The summed E-state index contributed by atoms with van der Waals surface area (Å²) in [7, 11) is 0. The van der Waals surface area contributed by atoms with Crippen molar-refractivity contribution in [1.29, 1.82) is 0 Å². The third kappa shape index (κ3) is 3.53. The minimum Gasteiger partial charge on any atom is -0.462 e. The molecule has 18 heavy (non-hydrogen) atoms. The zero-order valence-corrected chi connectivity index (χ0v) is 11.0. The number of aliphatic hydroxyl groups excluding tert-OH is 1. The van der Waals surface area contributed by atoms with Crippen LogP contribution in [-0.2, 0) is 14.3 Å². The van der Waals surface area contributed by atoms with Crippen LogP contribution in [0, 0.1) is 0 Å². The van der Waals surface area contributed by atoms with Gasteiger partial charge in [-0.3, -0.25) is 4.79 Å². The Bertz CT molecular complexity index is 393. The van der Waals surface area contributed by atoms with Crippen LogP contribution in [0.2, 0.25) is 0 Å². The Morgan fingerprint density at radius 3 is 2.72 bits per heavy atom. The summed E-state index contributed by atoms with van der Waals surface area (Å²) in [5, 5.41) is 10.0. The quantitative estimate of drug-likeness (QED) is 0.445. The maximum absolute atomic E-state index is 11.7. The van der Waals surface area contributed by atoms with Crippen LogP contribution >= 0.6 is 0 Å². The van der Waals surface area contributed by atoms with E-state index in [2.05, 4.69) is 6.58 Å². The Morgan fingerprint density at radius 1 is 1.50 bits per heavy atom. The minimum absolute atomic E-state index is 0.0612. The first-order valence-corrected chi connectivity index (χ1v) is 6.23. The van der Waals surface area contributed by atoms with E-state index in [4.69, 9.17) is 4.74 Å². The molecule has 1 aliphatic carbocycles. The van der Waals surface area contributed by atoms with E-state index in [1.165, 1.54) is 0 Å². The number of ether oxygens (including phenoxy) is 1. The zero-order valence-electron chi connectivity index (χ0n) is 11.0. The highest BCUT2D eigenvalue weighted by Crippen LogP contribution is 2.29. The van der Waals surface area contributed by atoms with Crippen LogP contribution in [0.15, 0.2) is 23.3 Å². The predicted octanol–water partition coefficient (Wildman–Crippen LogP) is 1.93. The molecule has 0 fully saturated rings. The molecule has 1 atom stereocenters. The first-order chi connectivity index (χ1) is 8.47. The van der Waals surface area contributed by atoms with Crippen LogP contribution in [0.3, 0.4) is 0 Å². The monoisotopic (exact) mass is 252 g/mol. The Kier molecular flexibility index (Phi) is 5.28. The van der Waals surface area contributed by atoms with Gasteiger partial charge in [0.2, 0.25) is 0 Å². The number of ketones is 1. The second-order valence-corrected chi connectivity index (χ2v) is 4.56. The van der Waals surface area contributed by atoms with E-state index in [9.17, 15) is 14.7 Å². The third-order valence-corrected chi connectivity index (χ3v) is 2.95. The topological polar surface area (TPSA) is 63.6 Å². The van der Waals surface area contributed by atoms with Gasteiger partial charge >= 0.3 is 5.97 Å². The van der Waals surface area contributed by atoms with Gasteiger partial charge < -0.3 is 9.84 Å². The zero-order chi connectivity index (χ0) is 13.7. The molecule has 4 nitrogen and oxygen atoms in total. The van der Waals surface area contributed by atoms with Gasteiger partial charge in [0, 0.05) is 6.42 Å². The first kappa shape index (κ1) is 14.6. The SMILES string of the molecule is C=C(C)CC[C@@H](O)C1=C(C(=O)OCC)C(=O)CC1. The number of esters is 1. The van der Waals surface area contributed by atoms with E-state index in [0.29, 0.717) is 24.8 Å². The van der Waals surface area contributed by atoms with Gasteiger partial charge in [-0.2, -0.15) is 0 Å². The second kappa shape index (κ2) is 6.50. The molecule has 0 unspecified atom stereocenters. The molecule has 0 aromatic carbocycles. The van der Waals surface area contributed by atoms with Crippen molar-refractivity contribution in [3.05, 3.63) is 23.3 Å². The summed E-state index contributed by atoms with van der Waals surface area (Å²) in [6, 6.07) is 0. The van der Waals surface area contributed by atoms with Gasteiger partial charge in [0.05, 0.1) is 12.7 Å². The molecule has 0 radical (unpaired) electrons. The van der Waals surface area contributed by atoms with Gasteiger partial charge in [0.15, 0.2) is 5.78 Å². The molecule has 100 valence electrons. The lowest BCUT2D eigenvalue weighted by Crippen LogP contribution is -2.18. The van der Waals surface area contributed by atoms with Gasteiger partial charge in [0.25, 0.3) is 0 Å². The number of hydrogen-bond acceptors (Lipinski definition) is 4. The second-order valence-electron chi connectivity index (χ2n) is 4.56. The number of Topliss-reactive ketones (excluding diaryl/α,β-unsaturated/α-hetero) is 1. The fourth-order valence-corrected chi connectivity index (χ4v) is 2.02. The molecule has 0 aliphatic heterocycles. The van der Waals surface area contributed by atoms with E-state index in [1.807, 2.05) is 6.92 Å². The van der Waals surface area contributed by atoms with E-state index in [-0.39, 0.29) is 24.4 Å². The van der Waals surface area contributed by atoms with E-state index < -0.39 is 12.1 Å². The van der Waals surface area contributed by atoms with Crippen LogP contribution in [0.1, 0.15) is 39.5 Å². The molecule has 1 N–H and O–H groups in total. The Morgan fingerprint density at radius 2 is 2.17 bits per heavy atom. The lowest BCUT2D eigenvalue weighted by molar-refractivity contribution is -0.139. The number of hydrogen-bond donors (Lipinski definition) is 1. The van der Waals surface area contributed by atoms with E-state index in [0.717, 1.165) is 5.57 Å². The van der Waals surface area contributed by atoms with Crippen molar-refractivity contribution in [2.24, 2.45) is 0 Å². The molecule has 0 spiro atoms.